The zero-order valence-electron chi connectivity index (χ0n) is 11.3. The van der Waals surface area contributed by atoms with Crippen molar-refractivity contribution in [3.05, 3.63) is 24.3 Å². The third-order valence-electron chi connectivity index (χ3n) is 2.31. The van der Waals surface area contributed by atoms with E-state index in [0.717, 1.165) is 0 Å². The summed E-state index contributed by atoms with van der Waals surface area (Å²) >= 11 is 0. The van der Waals surface area contributed by atoms with E-state index in [9.17, 15) is 18.0 Å². The molecule has 1 amide bonds. The maximum absolute atomic E-state index is 11.8. The fraction of sp³-hybridized carbons (Fsp3) is 0.462. The summed E-state index contributed by atoms with van der Waals surface area (Å²) in [6.45, 7) is -1.32. The lowest BCUT2D eigenvalue weighted by atomic mass is 10.3. The zero-order chi connectivity index (χ0) is 15.7. The monoisotopic (exact) mass is 306 g/mol. The number of nitrogen functional groups attached to an aromatic ring is 1. The molecule has 1 aromatic carbocycles. The van der Waals surface area contributed by atoms with Crippen molar-refractivity contribution < 1.29 is 27.4 Å². The predicted molar refractivity (Wildman–Crippen MR) is 70.9 cm³/mol. The minimum Gasteiger partial charge on any atom is -0.493 e. The second kappa shape index (κ2) is 8.35. The lowest BCUT2D eigenvalue weighted by molar-refractivity contribution is -0.173. The van der Waals surface area contributed by atoms with Crippen molar-refractivity contribution in [2.45, 2.75) is 12.6 Å². The van der Waals surface area contributed by atoms with Crippen LogP contribution in [0.2, 0.25) is 0 Å². The standard InChI is InChI=1S/C13H17F3N2O3/c14-13(15,16)9-20-8-6-18-12(19)5-7-21-11-3-1-10(17)2-4-11/h1-4H,5-9,17H2,(H,18,19). The molecule has 0 aliphatic carbocycles. The summed E-state index contributed by atoms with van der Waals surface area (Å²) in [6, 6.07) is 6.71. The molecule has 0 saturated carbocycles. The van der Waals surface area contributed by atoms with Gasteiger partial charge < -0.3 is 20.5 Å². The van der Waals surface area contributed by atoms with Crippen molar-refractivity contribution in [3.63, 3.8) is 0 Å². The predicted octanol–water partition coefficient (Wildman–Crippen LogP) is 1.73. The van der Waals surface area contributed by atoms with Gasteiger partial charge in [-0.05, 0) is 24.3 Å². The van der Waals surface area contributed by atoms with Gasteiger partial charge in [-0.25, -0.2) is 0 Å². The van der Waals surface area contributed by atoms with Crippen LogP contribution in [-0.4, -0.2) is 38.4 Å². The number of anilines is 1. The molecule has 0 aromatic heterocycles. The largest absolute Gasteiger partial charge is 0.493 e. The highest BCUT2D eigenvalue weighted by molar-refractivity contribution is 5.75. The lowest BCUT2D eigenvalue weighted by Crippen LogP contribution is -2.29. The number of nitrogens with two attached hydrogens (primary N) is 1. The number of benzene rings is 1. The molecule has 21 heavy (non-hydrogen) atoms. The van der Waals surface area contributed by atoms with Crippen molar-refractivity contribution in [3.8, 4) is 5.75 Å². The van der Waals surface area contributed by atoms with Crippen LogP contribution < -0.4 is 15.8 Å². The number of amides is 1. The first-order valence-corrected chi connectivity index (χ1v) is 6.26. The fourth-order valence-electron chi connectivity index (χ4n) is 1.36. The van der Waals surface area contributed by atoms with E-state index < -0.39 is 12.8 Å². The van der Waals surface area contributed by atoms with Gasteiger partial charge in [0.2, 0.25) is 5.91 Å². The quantitative estimate of drug-likeness (QED) is 0.567. The van der Waals surface area contributed by atoms with Gasteiger partial charge in [-0.15, -0.1) is 0 Å². The Morgan fingerprint density at radius 3 is 2.48 bits per heavy atom. The molecule has 0 saturated heterocycles. The van der Waals surface area contributed by atoms with Crippen molar-refractivity contribution in [1.29, 1.82) is 0 Å². The first-order valence-electron chi connectivity index (χ1n) is 6.26. The molecule has 5 nitrogen and oxygen atoms in total. The van der Waals surface area contributed by atoms with Crippen LogP contribution in [0.15, 0.2) is 24.3 Å². The van der Waals surface area contributed by atoms with Gasteiger partial charge in [0.25, 0.3) is 0 Å². The van der Waals surface area contributed by atoms with Crippen LogP contribution in [-0.2, 0) is 9.53 Å². The van der Waals surface area contributed by atoms with Crippen LogP contribution in [0.3, 0.4) is 0 Å². The number of alkyl halides is 3. The van der Waals surface area contributed by atoms with Gasteiger partial charge in [0.15, 0.2) is 0 Å². The highest BCUT2D eigenvalue weighted by atomic mass is 19.4. The van der Waals surface area contributed by atoms with Gasteiger partial charge in [0.1, 0.15) is 12.4 Å². The number of ether oxygens (including phenoxy) is 2. The topological polar surface area (TPSA) is 73.6 Å². The van der Waals surface area contributed by atoms with Gasteiger partial charge in [-0.2, -0.15) is 13.2 Å². The molecule has 3 N–H and O–H groups in total. The Hall–Kier alpha value is -1.96. The summed E-state index contributed by atoms with van der Waals surface area (Å²) in [5.74, 6) is 0.270. The molecule has 0 spiro atoms. The number of carbonyl (C=O) groups excluding carboxylic acids is 1. The first kappa shape index (κ1) is 17.1. The number of halogens is 3. The molecule has 8 heteroatoms. The third-order valence-corrected chi connectivity index (χ3v) is 2.31. The fourth-order valence-corrected chi connectivity index (χ4v) is 1.36. The lowest BCUT2D eigenvalue weighted by Gasteiger charge is -2.09. The highest BCUT2D eigenvalue weighted by Gasteiger charge is 2.27. The van der Waals surface area contributed by atoms with Crippen LogP contribution in [0.25, 0.3) is 0 Å². The van der Waals surface area contributed by atoms with Gasteiger partial charge in [0, 0.05) is 12.2 Å². The Bertz CT molecular complexity index is 435. The normalized spacial score (nSPS) is 11.2. The van der Waals surface area contributed by atoms with Gasteiger partial charge in [-0.1, -0.05) is 0 Å². The molecule has 0 radical (unpaired) electrons. The van der Waals surface area contributed by atoms with E-state index in [1.165, 1.54) is 0 Å². The van der Waals surface area contributed by atoms with Crippen molar-refractivity contribution in [2.24, 2.45) is 0 Å². The summed E-state index contributed by atoms with van der Waals surface area (Å²) in [5, 5.41) is 2.43. The molecule has 0 atom stereocenters. The molecule has 0 heterocycles. The van der Waals surface area contributed by atoms with E-state index in [-0.39, 0.29) is 32.1 Å². The average Bonchev–Trinajstić information content (AvgIpc) is 2.39. The Kier molecular flexibility index (Phi) is 6.80. The van der Waals surface area contributed by atoms with E-state index >= 15 is 0 Å². The zero-order valence-corrected chi connectivity index (χ0v) is 11.3. The van der Waals surface area contributed by atoms with Gasteiger partial charge in [0.05, 0.1) is 19.6 Å². The smallest absolute Gasteiger partial charge is 0.411 e. The Morgan fingerprint density at radius 2 is 1.86 bits per heavy atom. The van der Waals surface area contributed by atoms with E-state index in [2.05, 4.69) is 10.1 Å². The molecule has 118 valence electrons. The Labute approximate surface area is 120 Å². The van der Waals surface area contributed by atoms with Crippen LogP contribution in [0.4, 0.5) is 18.9 Å². The SMILES string of the molecule is Nc1ccc(OCCC(=O)NCCOCC(F)(F)F)cc1. The third kappa shape index (κ3) is 8.74. The number of hydrogen-bond acceptors (Lipinski definition) is 4. The second-order valence-electron chi connectivity index (χ2n) is 4.19. The molecule has 0 aliphatic heterocycles. The number of rotatable bonds is 8. The van der Waals surface area contributed by atoms with Gasteiger partial charge in [-0.3, -0.25) is 4.79 Å². The minimum absolute atomic E-state index is 0.0246. The highest BCUT2D eigenvalue weighted by Crippen LogP contribution is 2.14. The molecule has 0 aliphatic rings. The van der Waals surface area contributed by atoms with E-state index in [0.29, 0.717) is 11.4 Å². The number of nitrogens with one attached hydrogen (secondary N) is 1. The van der Waals surface area contributed by atoms with Crippen LogP contribution in [0, 0.1) is 0 Å². The van der Waals surface area contributed by atoms with Crippen molar-refractivity contribution in [1.82, 2.24) is 5.32 Å². The average molecular weight is 306 g/mol. The summed E-state index contributed by atoms with van der Waals surface area (Å²) in [7, 11) is 0. The Morgan fingerprint density at radius 1 is 1.19 bits per heavy atom. The molecule has 1 rings (SSSR count). The van der Waals surface area contributed by atoms with Crippen LogP contribution in [0.1, 0.15) is 6.42 Å². The summed E-state index contributed by atoms with van der Waals surface area (Å²) in [5.41, 5.74) is 6.12. The molecule has 0 fully saturated rings. The van der Waals surface area contributed by atoms with E-state index in [1.807, 2.05) is 0 Å². The van der Waals surface area contributed by atoms with Crippen molar-refractivity contribution in [2.75, 3.05) is 32.1 Å². The summed E-state index contributed by atoms with van der Waals surface area (Å²) in [6.07, 6.45) is -4.25. The van der Waals surface area contributed by atoms with E-state index in [1.54, 1.807) is 24.3 Å². The number of carbonyl (C=O) groups is 1. The van der Waals surface area contributed by atoms with Crippen LogP contribution >= 0.6 is 0 Å². The molecular formula is C13H17F3N2O3. The van der Waals surface area contributed by atoms with E-state index in [4.69, 9.17) is 10.5 Å². The maximum Gasteiger partial charge on any atom is 0.411 e. The molecule has 1 aromatic rings. The van der Waals surface area contributed by atoms with Crippen LogP contribution in [0.5, 0.6) is 5.75 Å². The maximum atomic E-state index is 11.8. The summed E-state index contributed by atoms with van der Waals surface area (Å²) in [4.78, 5) is 11.4. The molecule has 0 unspecified atom stereocenters. The summed E-state index contributed by atoms with van der Waals surface area (Å²) < 4.78 is 44.9. The minimum atomic E-state index is -4.35. The first-order chi connectivity index (χ1) is 9.87. The van der Waals surface area contributed by atoms with Crippen molar-refractivity contribution >= 4 is 11.6 Å². The second-order valence-corrected chi connectivity index (χ2v) is 4.19. The Balaban J connectivity index is 2.05. The van der Waals surface area contributed by atoms with Gasteiger partial charge >= 0.3 is 6.18 Å². The molecule has 0 bridgehead atoms. The number of hydrogen-bond donors (Lipinski definition) is 2. The molecular weight excluding hydrogens is 289 g/mol.